The van der Waals surface area contributed by atoms with Crippen molar-refractivity contribution in [3.8, 4) is 0 Å². The minimum atomic E-state index is -0.0148. The number of rotatable bonds is 2. The molecule has 2 fully saturated rings. The van der Waals surface area contributed by atoms with Gasteiger partial charge in [-0.1, -0.05) is 0 Å². The highest BCUT2D eigenvalue weighted by atomic mass is 16.3. The minimum absolute atomic E-state index is 0.0148. The Balaban J connectivity index is 1.93. The van der Waals surface area contributed by atoms with E-state index < -0.39 is 0 Å². The summed E-state index contributed by atoms with van der Waals surface area (Å²) in [5.74, 6) is 1.07. The highest BCUT2D eigenvalue weighted by Crippen LogP contribution is 2.36. The Morgan fingerprint density at radius 3 is 2.33 bits per heavy atom. The number of aliphatic hydroxyl groups is 1. The molecule has 0 spiro atoms. The summed E-state index contributed by atoms with van der Waals surface area (Å²) >= 11 is 0. The first-order valence-electron chi connectivity index (χ1n) is 4.91. The van der Waals surface area contributed by atoms with Crippen molar-refractivity contribution < 1.29 is 5.11 Å². The molecule has 0 aromatic carbocycles. The molecule has 1 saturated heterocycles. The van der Waals surface area contributed by atoms with Crippen LogP contribution in [0.3, 0.4) is 0 Å². The van der Waals surface area contributed by atoms with Crippen LogP contribution in [0.1, 0.15) is 12.8 Å². The maximum Gasteiger partial charge on any atom is 0.0620 e. The van der Waals surface area contributed by atoms with E-state index in [-0.39, 0.29) is 6.10 Å². The van der Waals surface area contributed by atoms with E-state index in [1.165, 1.54) is 12.8 Å². The lowest BCUT2D eigenvalue weighted by Crippen LogP contribution is -2.46. The Hall–Kier alpha value is -0.120. The van der Waals surface area contributed by atoms with E-state index in [0.29, 0.717) is 11.8 Å². The van der Waals surface area contributed by atoms with Crippen LogP contribution in [-0.2, 0) is 0 Å². The number of fused-ring (bicyclic) bond motifs is 2. The number of hydrogen-bond acceptors (Lipinski definition) is 3. The van der Waals surface area contributed by atoms with Crippen LogP contribution in [0.2, 0.25) is 0 Å². The topological polar surface area (TPSA) is 49.5 Å². The van der Waals surface area contributed by atoms with E-state index >= 15 is 0 Å². The average molecular weight is 170 g/mol. The molecule has 3 heteroatoms. The van der Waals surface area contributed by atoms with Crippen molar-refractivity contribution in [2.24, 2.45) is 17.6 Å². The van der Waals surface area contributed by atoms with Gasteiger partial charge in [0.25, 0.3) is 0 Å². The van der Waals surface area contributed by atoms with Crippen molar-refractivity contribution in [3.63, 3.8) is 0 Å². The summed E-state index contributed by atoms with van der Waals surface area (Å²) in [5.41, 5.74) is 5.50. The molecule has 2 bridgehead atoms. The van der Waals surface area contributed by atoms with Gasteiger partial charge in [-0.3, -0.25) is 0 Å². The summed E-state index contributed by atoms with van der Waals surface area (Å²) < 4.78 is 0. The monoisotopic (exact) mass is 170 g/mol. The van der Waals surface area contributed by atoms with E-state index in [9.17, 15) is 5.11 Å². The summed E-state index contributed by atoms with van der Waals surface area (Å²) in [6.07, 6.45) is 2.42. The first-order chi connectivity index (χ1) is 5.81. The molecule has 0 amide bonds. The predicted molar refractivity (Wildman–Crippen MR) is 47.7 cm³/mol. The molecule has 3 N–H and O–H groups in total. The number of hydrogen-bond donors (Lipinski definition) is 2. The lowest BCUT2D eigenvalue weighted by Gasteiger charge is -2.35. The molecular weight excluding hydrogens is 152 g/mol. The van der Waals surface area contributed by atoms with Crippen LogP contribution in [0.15, 0.2) is 0 Å². The van der Waals surface area contributed by atoms with Gasteiger partial charge in [-0.2, -0.15) is 0 Å². The largest absolute Gasteiger partial charge is 0.392 e. The molecule has 0 aromatic rings. The second-order valence-electron chi connectivity index (χ2n) is 4.14. The Morgan fingerprint density at radius 1 is 1.25 bits per heavy atom. The van der Waals surface area contributed by atoms with Crippen LogP contribution >= 0.6 is 0 Å². The predicted octanol–water partition coefficient (Wildman–Crippen LogP) is -0.352. The fourth-order valence-electron chi connectivity index (χ4n) is 2.66. The molecule has 2 aliphatic rings. The van der Waals surface area contributed by atoms with Crippen molar-refractivity contribution in [2.75, 3.05) is 26.2 Å². The van der Waals surface area contributed by atoms with Crippen LogP contribution < -0.4 is 5.73 Å². The quantitative estimate of drug-likeness (QED) is 0.595. The van der Waals surface area contributed by atoms with Crippen LogP contribution in [0.4, 0.5) is 0 Å². The standard InChI is InChI=1S/C9H18N2O/c10-3-4-11-5-7-1-2-8(6-11)9(7)12/h7-9,12H,1-6,10H2. The Bertz CT molecular complexity index is 149. The van der Waals surface area contributed by atoms with Crippen LogP contribution in [-0.4, -0.2) is 42.3 Å². The molecule has 3 nitrogen and oxygen atoms in total. The van der Waals surface area contributed by atoms with Crippen molar-refractivity contribution >= 4 is 0 Å². The van der Waals surface area contributed by atoms with E-state index in [0.717, 1.165) is 26.2 Å². The van der Waals surface area contributed by atoms with Gasteiger partial charge < -0.3 is 15.7 Å². The lowest BCUT2D eigenvalue weighted by molar-refractivity contribution is 0.0181. The lowest BCUT2D eigenvalue weighted by atomic mass is 9.95. The third-order valence-corrected chi connectivity index (χ3v) is 3.30. The minimum Gasteiger partial charge on any atom is -0.392 e. The van der Waals surface area contributed by atoms with Gasteiger partial charge in [0.15, 0.2) is 0 Å². The molecule has 1 aliphatic heterocycles. The van der Waals surface area contributed by atoms with Crippen LogP contribution in [0.5, 0.6) is 0 Å². The van der Waals surface area contributed by atoms with Gasteiger partial charge >= 0.3 is 0 Å². The molecule has 1 heterocycles. The second kappa shape index (κ2) is 3.32. The highest BCUT2D eigenvalue weighted by Gasteiger charge is 2.40. The van der Waals surface area contributed by atoms with Gasteiger partial charge in [-0.25, -0.2) is 0 Å². The van der Waals surface area contributed by atoms with E-state index in [4.69, 9.17) is 5.73 Å². The zero-order valence-electron chi connectivity index (χ0n) is 7.45. The molecule has 2 rings (SSSR count). The Morgan fingerprint density at radius 2 is 1.83 bits per heavy atom. The molecule has 1 aliphatic carbocycles. The third-order valence-electron chi connectivity index (χ3n) is 3.30. The molecular formula is C9H18N2O. The summed E-state index contributed by atoms with van der Waals surface area (Å²) in [4.78, 5) is 2.40. The second-order valence-corrected chi connectivity index (χ2v) is 4.14. The van der Waals surface area contributed by atoms with E-state index in [2.05, 4.69) is 4.90 Å². The van der Waals surface area contributed by atoms with E-state index in [1.807, 2.05) is 0 Å². The molecule has 2 unspecified atom stereocenters. The first-order valence-corrected chi connectivity index (χ1v) is 4.91. The van der Waals surface area contributed by atoms with Gasteiger partial charge in [0, 0.05) is 26.2 Å². The number of nitrogens with zero attached hydrogens (tertiary/aromatic N) is 1. The maximum absolute atomic E-state index is 9.74. The maximum atomic E-state index is 9.74. The highest BCUT2D eigenvalue weighted by molar-refractivity contribution is 4.92. The normalized spacial score (nSPS) is 42.0. The summed E-state index contributed by atoms with van der Waals surface area (Å²) in [5, 5.41) is 9.74. The van der Waals surface area contributed by atoms with Crippen LogP contribution in [0, 0.1) is 11.8 Å². The zero-order chi connectivity index (χ0) is 8.55. The Labute approximate surface area is 73.5 Å². The third kappa shape index (κ3) is 1.37. The fourth-order valence-corrected chi connectivity index (χ4v) is 2.66. The molecule has 0 aromatic heterocycles. The van der Waals surface area contributed by atoms with Gasteiger partial charge in [0.2, 0.25) is 0 Å². The number of aliphatic hydroxyl groups excluding tert-OH is 1. The van der Waals surface area contributed by atoms with Crippen molar-refractivity contribution in [2.45, 2.75) is 18.9 Å². The van der Waals surface area contributed by atoms with Gasteiger partial charge in [0.1, 0.15) is 0 Å². The number of likely N-dealkylation sites (tertiary alicyclic amines) is 1. The smallest absolute Gasteiger partial charge is 0.0620 e. The number of piperidine rings is 1. The summed E-state index contributed by atoms with van der Waals surface area (Å²) in [7, 11) is 0. The van der Waals surface area contributed by atoms with Crippen LogP contribution in [0.25, 0.3) is 0 Å². The van der Waals surface area contributed by atoms with Crippen molar-refractivity contribution in [1.82, 2.24) is 4.90 Å². The fraction of sp³-hybridized carbons (Fsp3) is 1.00. The molecule has 0 radical (unpaired) electrons. The first kappa shape index (κ1) is 8.48. The molecule has 1 saturated carbocycles. The van der Waals surface area contributed by atoms with Gasteiger partial charge in [0.05, 0.1) is 6.10 Å². The van der Waals surface area contributed by atoms with Gasteiger partial charge in [-0.05, 0) is 24.7 Å². The summed E-state index contributed by atoms with van der Waals surface area (Å²) in [6, 6.07) is 0. The number of nitrogens with two attached hydrogens (primary N) is 1. The average Bonchev–Trinajstić information content (AvgIpc) is 2.33. The molecule has 12 heavy (non-hydrogen) atoms. The van der Waals surface area contributed by atoms with Crippen molar-refractivity contribution in [3.05, 3.63) is 0 Å². The SMILES string of the molecule is NCCN1CC2CCC(C1)C2O. The molecule has 70 valence electrons. The summed E-state index contributed by atoms with van der Waals surface area (Å²) in [6.45, 7) is 3.87. The Kier molecular flexibility index (Phi) is 2.35. The van der Waals surface area contributed by atoms with Crippen molar-refractivity contribution in [1.29, 1.82) is 0 Å². The van der Waals surface area contributed by atoms with E-state index in [1.54, 1.807) is 0 Å². The zero-order valence-corrected chi connectivity index (χ0v) is 7.45. The molecule has 2 atom stereocenters. The van der Waals surface area contributed by atoms with Gasteiger partial charge in [-0.15, -0.1) is 0 Å².